The molecule has 5 N–H and O–H groups in total. The third kappa shape index (κ3) is 17.5. The molecule has 0 saturated heterocycles. The second kappa shape index (κ2) is 24.9. The third-order valence-electron chi connectivity index (χ3n) is 10.9. The van der Waals surface area contributed by atoms with E-state index in [2.05, 4.69) is 35.9 Å². The van der Waals surface area contributed by atoms with Gasteiger partial charge in [0.15, 0.2) is 0 Å². The fraction of sp³-hybridized carbons (Fsp3) is 0.435. The summed E-state index contributed by atoms with van der Waals surface area (Å²) in [5, 5.41) is 10.3. The summed E-state index contributed by atoms with van der Waals surface area (Å²) in [5.74, 6) is 0.474. The highest BCUT2D eigenvalue weighted by atomic mass is 35.5. The largest absolute Gasteiger partial charge is 0.445 e. The molecule has 69 heavy (non-hydrogen) atoms. The maximum absolute atomic E-state index is 12.8. The van der Waals surface area contributed by atoms with Crippen LogP contribution in [-0.2, 0) is 45.0 Å². The summed E-state index contributed by atoms with van der Waals surface area (Å²) in [7, 11) is 3.29. The SMILES string of the molecule is CO[C@@H]1C[C@H](NC(=O)OCc2ccccc2)C[C@H](Nc2ncnc3sc(CC(F)(F)F)cc23)C1.CO[C@H]1C[C@@H](N)C[C@@H](NC(=O)OCc2ccccc2)C1.FC(F)(F)Cc1cc2c(Cl)ncnc2s1. The van der Waals surface area contributed by atoms with Crippen molar-refractivity contribution in [2.45, 2.75) is 113 Å². The maximum atomic E-state index is 12.8. The molecule has 23 heteroatoms. The average molecular weight is 1030 g/mol. The van der Waals surface area contributed by atoms with E-state index in [1.807, 2.05) is 60.7 Å². The Kier molecular flexibility index (Phi) is 19.1. The number of methoxy groups -OCH3 is 2. The van der Waals surface area contributed by atoms with E-state index in [1.165, 1.54) is 24.8 Å². The van der Waals surface area contributed by atoms with Gasteiger partial charge in [-0.2, -0.15) is 26.3 Å². The zero-order chi connectivity index (χ0) is 49.6. The topological polar surface area (TPSA) is 185 Å². The third-order valence-corrected chi connectivity index (χ3v) is 13.3. The number of ether oxygens (including phenoxy) is 4. The van der Waals surface area contributed by atoms with Gasteiger partial charge in [-0.1, -0.05) is 72.3 Å². The van der Waals surface area contributed by atoms with E-state index < -0.39 is 37.4 Å². The minimum absolute atomic E-state index is 0.0203. The van der Waals surface area contributed by atoms with Gasteiger partial charge in [0.1, 0.15) is 46.5 Å². The first-order valence-corrected chi connectivity index (χ1v) is 23.7. The molecule has 14 nitrogen and oxygen atoms in total. The lowest BCUT2D eigenvalue weighted by molar-refractivity contribution is -0.127. The van der Waals surface area contributed by atoms with Crippen LogP contribution in [0, 0.1) is 0 Å². The Labute approximate surface area is 406 Å². The molecule has 0 unspecified atom stereocenters. The Hall–Kier alpha value is -5.39. The Morgan fingerprint density at radius 3 is 1.62 bits per heavy atom. The smallest absolute Gasteiger partial charge is 0.407 e. The minimum atomic E-state index is -4.29. The predicted octanol–water partition coefficient (Wildman–Crippen LogP) is 10.3. The van der Waals surface area contributed by atoms with Crippen LogP contribution in [0.25, 0.3) is 20.4 Å². The minimum Gasteiger partial charge on any atom is -0.445 e. The lowest BCUT2D eigenvalue weighted by Gasteiger charge is -2.35. The van der Waals surface area contributed by atoms with Gasteiger partial charge in [0.05, 0.1) is 30.4 Å². The monoisotopic (exact) mass is 1020 g/mol. The molecule has 0 aliphatic heterocycles. The molecule has 6 aromatic rings. The van der Waals surface area contributed by atoms with Crippen molar-refractivity contribution < 1.29 is 54.9 Å². The molecule has 0 radical (unpaired) electrons. The molecule has 2 fully saturated rings. The van der Waals surface area contributed by atoms with Crippen LogP contribution in [0.3, 0.4) is 0 Å². The quantitative estimate of drug-likeness (QED) is 0.0673. The normalized spacial score (nSPS) is 20.4. The maximum Gasteiger partial charge on any atom is 0.407 e. The van der Waals surface area contributed by atoms with Crippen molar-refractivity contribution in [1.82, 2.24) is 30.6 Å². The number of nitrogens with one attached hydrogen (secondary N) is 3. The summed E-state index contributed by atoms with van der Waals surface area (Å²) in [6.07, 6.45) is -4.51. The zero-order valence-corrected chi connectivity index (χ0v) is 39.8. The molecule has 6 atom stereocenters. The van der Waals surface area contributed by atoms with Gasteiger partial charge >= 0.3 is 24.5 Å². The first-order chi connectivity index (χ1) is 32.9. The van der Waals surface area contributed by atoms with Gasteiger partial charge in [-0.25, -0.2) is 29.5 Å². The number of alkyl carbamates (subject to hydrolysis) is 2. The molecule has 2 amide bonds. The van der Waals surface area contributed by atoms with Crippen LogP contribution in [0.15, 0.2) is 85.5 Å². The number of anilines is 1. The Balaban J connectivity index is 0.000000188. The van der Waals surface area contributed by atoms with Crippen LogP contribution in [0.2, 0.25) is 5.15 Å². The van der Waals surface area contributed by atoms with Crippen LogP contribution >= 0.6 is 34.3 Å². The van der Waals surface area contributed by atoms with E-state index in [0.717, 1.165) is 53.1 Å². The number of halogens is 7. The number of alkyl halides is 6. The molecule has 372 valence electrons. The van der Waals surface area contributed by atoms with Crippen molar-refractivity contribution in [3.05, 3.63) is 111 Å². The molecule has 4 heterocycles. The van der Waals surface area contributed by atoms with Gasteiger partial charge in [-0.05, 0) is 61.8 Å². The first-order valence-electron chi connectivity index (χ1n) is 21.7. The standard InChI is InChI=1S/C23H25F3N4O3S.C15H22N2O3.C8H4ClF3N2S/c1-32-17-8-15(7-16(9-17)30-22(31)33-12-14-5-3-2-4-6-14)29-20-19-10-18(11-23(24,25)26)34-21(19)28-13-27-20;1-19-14-8-12(16)7-13(9-14)17-15(18)20-10-11-5-3-2-4-6-11;9-6-5-1-4(2-8(10,11)12)15-7(5)14-3-13-6/h2-6,10,13,15-17H,7-9,11-12H2,1H3,(H,30,31)(H,27,28,29);2-6,12-14H,7-10,16H2,1H3,(H,17,18);1,3H,2H2/t15-,16+,17-;12-,13+,14-;/m00./s1. The molecule has 2 aromatic carbocycles. The van der Waals surface area contributed by atoms with E-state index in [9.17, 15) is 35.9 Å². The number of nitrogens with zero attached hydrogens (tertiary/aromatic N) is 4. The van der Waals surface area contributed by atoms with Crippen LogP contribution in [0.5, 0.6) is 0 Å². The lowest BCUT2D eigenvalue weighted by Crippen LogP contribution is -2.47. The first kappa shape index (κ1) is 53.0. The number of carbonyl (C=O) groups excluding carboxylic acids is 2. The fourth-order valence-corrected chi connectivity index (χ4v) is 10.1. The van der Waals surface area contributed by atoms with Crippen molar-refractivity contribution in [3.8, 4) is 0 Å². The number of fused-ring (bicyclic) bond motifs is 2. The van der Waals surface area contributed by atoms with Crippen molar-refractivity contribution in [3.63, 3.8) is 0 Å². The number of benzene rings is 2. The molecule has 0 spiro atoms. The number of hydrogen-bond acceptors (Lipinski definition) is 14. The second-order valence-corrected chi connectivity index (χ2v) is 19.0. The molecule has 4 aromatic heterocycles. The highest BCUT2D eigenvalue weighted by Gasteiger charge is 2.33. The van der Waals surface area contributed by atoms with Gasteiger partial charge in [0.25, 0.3) is 0 Å². The summed E-state index contributed by atoms with van der Waals surface area (Å²) in [5.41, 5.74) is 7.82. The number of aromatic nitrogens is 4. The van der Waals surface area contributed by atoms with E-state index >= 15 is 0 Å². The van der Waals surface area contributed by atoms with Gasteiger partial charge < -0.3 is 40.6 Å². The summed E-state index contributed by atoms with van der Waals surface area (Å²) < 4.78 is 96.2. The van der Waals surface area contributed by atoms with Gasteiger partial charge in [0, 0.05) is 53.5 Å². The molecule has 2 aliphatic rings. The molecule has 0 bridgehead atoms. The highest BCUT2D eigenvalue weighted by molar-refractivity contribution is 7.19. The van der Waals surface area contributed by atoms with Crippen molar-refractivity contribution in [2.75, 3.05) is 19.5 Å². The molecular formula is C46H51ClF6N8O6S2. The van der Waals surface area contributed by atoms with E-state index in [0.29, 0.717) is 45.5 Å². The summed E-state index contributed by atoms with van der Waals surface area (Å²) >= 11 is 7.71. The Morgan fingerprint density at radius 2 is 1.12 bits per heavy atom. The van der Waals surface area contributed by atoms with Crippen molar-refractivity contribution in [2.24, 2.45) is 5.73 Å². The predicted molar refractivity (Wildman–Crippen MR) is 251 cm³/mol. The van der Waals surface area contributed by atoms with Crippen LogP contribution in [0.1, 0.15) is 59.4 Å². The van der Waals surface area contributed by atoms with E-state index in [4.69, 9.17) is 36.3 Å². The number of rotatable bonds is 12. The number of hydrogen-bond donors (Lipinski definition) is 4. The van der Waals surface area contributed by atoms with Crippen molar-refractivity contribution >= 4 is 72.7 Å². The number of thiophene rings is 2. The van der Waals surface area contributed by atoms with Gasteiger partial charge in [-0.15, -0.1) is 22.7 Å². The fourth-order valence-electron chi connectivity index (χ4n) is 7.84. The second-order valence-electron chi connectivity index (χ2n) is 16.4. The molecule has 2 saturated carbocycles. The molecule has 2 aliphatic carbocycles. The highest BCUT2D eigenvalue weighted by Crippen LogP contribution is 2.35. The van der Waals surface area contributed by atoms with E-state index in [1.54, 1.807) is 14.2 Å². The molecular weight excluding hydrogens is 974 g/mol. The Bertz CT molecular complexity index is 2560. The van der Waals surface area contributed by atoms with Crippen LogP contribution in [-0.4, -0.2) is 95.1 Å². The number of carbonyl (C=O) groups is 2. The summed E-state index contributed by atoms with van der Waals surface area (Å²) in [4.78, 5) is 41.4. The van der Waals surface area contributed by atoms with Crippen LogP contribution < -0.4 is 21.7 Å². The van der Waals surface area contributed by atoms with Crippen molar-refractivity contribution in [1.29, 1.82) is 0 Å². The number of nitrogens with two attached hydrogens (primary N) is 1. The molecule has 8 rings (SSSR count). The average Bonchev–Trinajstić information content (AvgIpc) is 3.91. The van der Waals surface area contributed by atoms with Gasteiger partial charge in [-0.3, -0.25) is 0 Å². The summed E-state index contributed by atoms with van der Waals surface area (Å²) in [6.45, 7) is 0.450. The van der Waals surface area contributed by atoms with E-state index in [-0.39, 0.29) is 64.5 Å². The lowest BCUT2D eigenvalue weighted by atomic mass is 9.88. The summed E-state index contributed by atoms with van der Waals surface area (Å²) in [6, 6.07) is 21.7. The van der Waals surface area contributed by atoms with Gasteiger partial charge in [0.2, 0.25) is 0 Å². The zero-order valence-electron chi connectivity index (χ0n) is 37.4. The Morgan fingerprint density at radius 1 is 0.652 bits per heavy atom. The van der Waals surface area contributed by atoms with Crippen LogP contribution in [0.4, 0.5) is 41.7 Å². The number of amides is 2.